The molecule has 8 heteroatoms. The van der Waals surface area contributed by atoms with Crippen molar-refractivity contribution in [3.63, 3.8) is 0 Å². The summed E-state index contributed by atoms with van der Waals surface area (Å²) in [6.07, 6.45) is 0.733. The fourth-order valence-electron chi connectivity index (χ4n) is 1.80. The Morgan fingerprint density at radius 1 is 1.45 bits per heavy atom. The van der Waals surface area contributed by atoms with Gasteiger partial charge in [0.2, 0.25) is 5.95 Å². The van der Waals surface area contributed by atoms with E-state index in [-0.39, 0.29) is 5.69 Å². The van der Waals surface area contributed by atoms with E-state index in [0.29, 0.717) is 28.7 Å². The summed E-state index contributed by atoms with van der Waals surface area (Å²) in [6, 6.07) is 4.47. The second kappa shape index (κ2) is 5.85. The number of nitro benzene ring substituents is 1. The molecule has 6 nitrogen and oxygen atoms in total. The minimum Gasteiger partial charge on any atom is -0.348 e. The Balaban J connectivity index is 2.34. The van der Waals surface area contributed by atoms with E-state index >= 15 is 0 Å². The molecular formula is C12H14Cl2N4O2. The summed E-state index contributed by atoms with van der Waals surface area (Å²) in [5, 5.41) is 13.9. The molecular weight excluding hydrogens is 303 g/mol. The molecule has 0 amide bonds. The van der Waals surface area contributed by atoms with Crippen molar-refractivity contribution in [2.45, 2.75) is 18.9 Å². The van der Waals surface area contributed by atoms with E-state index in [1.807, 2.05) is 6.92 Å². The van der Waals surface area contributed by atoms with Gasteiger partial charge in [0, 0.05) is 23.9 Å². The Hall–Kier alpha value is -1.53. The maximum atomic E-state index is 10.7. The lowest BCUT2D eigenvalue weighted by Crippen LogP contribution is -2.42. The van der Waals surface area contributed by atoms with Crippen molar-refractivity contribution in [1.82, 2.24) is 9.97 Å². The van der Waals surface area contributed by atoms with Gasteiger partial charge in [0.15, 0.2) is 0 Å². The summed E-state index contributed by atoms with van der Waals surface area (Å²) in [4.78, 5) is 17.6. The molecule has 0 atom stereocenters. The number of benzene rings is 1. The number of nitro groups is 1. The summed E-state index contributed by atoms with van der Waals surface area (Å²) < 4.78 is 0. The number of anilines is 1. The summed E-state index contributed by atoms with van der Waals surface area (Å²) in [7, 11) is 0. The number of alkyl halides is 2. The van der Waals surface area contributed by atoms with Crippen molar-refractivity contribution >= 4 is 45.9 Å². The first-order valence-electron chi connectivity index (χ1n) is 6.08. The Kier molecular flexibility index (Phi) is 4.35. The molecule has 0 aliphatic rings. The van der Waals surface area contributed by atoms with E-state index in [1.54, 1.807) is 6.07 Å². The normalized spacial score (nSPS) is 11.8. The Morgan fingerprint density at radius 3 is 2.70 bits per heavy atom. The average molecular weight is 317 g/mol. The first kappa shape index (κ1) is 14.9. The molecule has 2 aromatic rings. The smallest absolute Gasteiger partial charge is 0.271 e. The average Bonchev–Trinajstić information content (AvgIpc) is 2.85. The van der Waals surface area contributed by atoms with E-state index in [2.05, 4.69) is 15.3 Å². The van der Waals surface area contributed by atoms with Crippen LogP contribution in [0.15, 0.2) is 18.2 Å². The molecule has 0 saturated heterocycles. The van der Waals surface area contributed by atoms with Crippen LogP contribution in [0, 0.1) is 10.1 Å². The summed E-state index contributed by atoms with van der Waals surface area (Å²) in [5.41, 5.74) is 0.801. The SMILES string of the molecule is CCC(CCl)(CCl)Nc1nc2ccc([N+](=O)[O-])cc2[nH]1. The van der Waals surface area contributed by atoms with Gasteiger partial charge in [-0.15, -0.1) is 23.2 Å². The number of nitrogens with one attached hydrogen (secondary N) is 2. The Labute approximate surface area is 125 Å². The van der Waals surface area contributed by atoms with E-state index in [1.165, 1.54) is 12.1 Å². The highest BCUT2D eigenvalue weighted by atomic mass is 35.5. The van der Waals surface area contributed by atoms with Gasteiger partial charge in [0.25, 0.3) is 5.69 Å². The molecule has 0 unspecified atom stereocenters. The summed E-state index contributed by atoms with van der Waals surface area (Å²) in [5.74, 6) is 1.18. The van der Waals surface area contributed by atoms with Crippen LogP contribution in [0.3, 0.4) is 0 Å². The number of hydrogen-bond acceptors (Lipinski definition) is 4. The molecule has 1 heterocycles. The predicted molar refractivity (Wildman–Crippen MR) is 80.8 cm³/mol. The Bertz CT molecular complexity index is 617. The van der Waals surface area contributed by atoms with Crippen molar-refractivity contribution in [1.29, 1.82) is 0 Å². The van der Waals surface area contributed by atoms with Crippen LogP contribution in [0.1, 0.15) is 13.3 Å². The molecule has 0 aliphatic carbocycles. The second-order valence-electron chi connectivity index (χ2n) is 4.57. The fourth-order valence-corrected chi connectivity index (χ4v) is 2.60. The van der Waals surface area contributed by atoms with Crippen molar-refractivity contribution in [2.75, 3.05) is 17.1 Å². The van der Waals surface area contributed by atoms with Gasteiger partial charge in [-0.05, 0) is 12.5 Å². The fraction of sp³-hybridized carbons (Fsp3) is 0.417. The molecule has 2 N–H and O–H groups in total. The minimum absolute atomic E-state index is 0.0177. The van der Waals surface area contributed by atoms with E-state index in [4.69, 9.17) is 23.2 Å². The third-order valence-corrected chi connectivity index (χ3v) is 4.27. The summed E-state index contributed by atoms with van der Waals surface area (Å²) in [6.45, 7) is 1.98. The zero-order valence-corrected chi connectivity index (χ0v) is 12.3. The maximum absolute atomic E-state index is 10.7. The first-order chi connectivity index (χ1) is 9.53. The monoisotopic (exact) mass is 316 g/mol. The van der Waals surface area contributed by atoms with E-state index in [9.17, 15) is 10.1 Å². The lowest BCUT2D eigenvalue weighted by atomic mass is 10.0. The van der Waals surface area contributed by atoms with Crippen LogP contribution < -0.4 is 5.32 Å². The molecule has 0 aliphatic heterocycles. The minimum atomic E-state index is -0.455. The third-order valence-electron chi connectivity index (χ3n) is 3.25. The number of halogens is 2. The molecule has 0 bridgehead atoms. The van der Waals surface area contributed by atoms with Gasteiger partial charge in [-0.25, -0.2) is 4.98 Å². The number of aromatic amines is 1. The van der Waals surface area contributed by atoms with E-state index in [0.717, 1.165) is 6.42 Å². The highest BCUT2D eigenvalue weighted by molar-refractivity contribution is 6.22. The lowest BCUT2D eigenvalue weighted by Gasteiger charge is -2.29. The van der Waals surface area contributed by atoms with Crippen molar-refractivity contribution in [3.05, 3.63) is 28.3 Å². The number of aromatic nitrogens is 2. The van der Waals surface area contributed by atoms with Gasteiger partial charge in [-0.1, -0.05) is 6.92 Å². The van der Waals surface area contributed by atoms with Crippen LogP contribution in [-0.4, -0.2) is 32.2 Å². The van der Waals surface area contributed by atoms with Gasteiger partial charge in [0.05, 0.1) is 21.5 Å². The van der Waals surface area contributed by atoms with Gasteiger partial charge in [-0.3, -0.25) is 10.1 Å². The molecule has 2 rings (SSSR count). The van der Waals surface area contributed by atoms with Crippen LogP contribution in [0.25, 0.3) is 11.0 Å². The molecule has 1 aromatic heterocycles. The highest BCUT2D eigenvalue weighted by Crippen LogP contribution is 2.24. The number of rotatable bonds is 6. The number of fused-ring (bicyclic) bond motifs is 1. The standard InChI is InChI=1S/C12H14Cl2N4O2/c1-2-12(6-13,7-14)17-11-15-9-4-3-8(18(19)20)5-10(9)16-11/h3-5H,2,6-7H2,1H3,(H2,15,16,17). The molecule has 0 fully saturated rings. The van der Waals surface area contributed by atoms with Crippen LogP contribution in [0.5, 0.6) is 0 Å². The lowest BCUT2D eigenvalue weighted by molar-refractivity contribution is -0.384. The predicted octanol–water partition coefficient (Wildman–Crippen LogP) is 3.51. The second-order valence-corrected chi connectivity index (χ2v) is 5.10. The quantitative estimate of drug-likeness (QED) is 0.485. The number of hydrogen-bond donors (Lipinski definition) is 2. The number of non-ortho nitro benzene ring substituents is 1. The molecule has 0 spiro atoms. The van der Waals surface area contributed by atoms with Crippen molar-refractivity contribution < 1.29 is 4.92 Å². The number of nitrogens with zero attached hydrogens (tertiary/aromatic N) is 2. The van der Waals surface area contributed by atoms with Gasteiger partial charge < -0.3 is 10.3 Å². The molecule has 0 radical (unpaired) electrons. The number of imidazole rings is 1. The zero-order chi connectivity index (χ0) is 14.8. The summed E-state index contributed by atoms with van der Waals surface area (Å²) >= 11 is 11.9. The maximum Gasteiger partial charge on any atom is 0.271 e. The van der Waals surface area contributed by atoms with Gasteiger partial charge in [0.1, 0.15) is 0 Å². The molecule has 1 aromatic carbocycles. The molecule has 0 saturated carbocycles. The van der Waals surface area contributed by atoms with Crippen LogP contribution in [0.2, 0.25) is 0 Å². The zero-order valence-electron chi connectivity index (χ0n) is 10.8. The van der Waals surface area contributed by atoms with Crippen LogP contribution >= 0.6 is 23.2 Å². The highest BCUT2D eigenvalue weighted by Gasteiger charge is 2.27. The Morgan fingerprint density at radius 2 is 2.15 bits per heavy atom. The molecule has 20 heavy (non-hydrogen) atoms. The molecule has 108 valence electrons. The van der Waals surface area contributed by atoms with Crippen LogP contribution in [0.4, 0.5) is 11.6 Å². The van der Waals surface area contributed by atoms with Gasteiger partial charge in [-0.2, -0.15) is 0 Å². The third kappa shape index (κ3) is 2.81. The first-order valence-corrected chi connectivity index (χ1v) is 7.15. The van der Waals surface area contributed by atoms with Gasteiger partial charge >= 0.3 is 0 Å². The van der Waals surface area contributed by atoms with Crippen LogP contribution in [-0.2, 0) is 0 Å². The largest absolute Gasteiger partial charge is 0.348 e. The van der Waals surface area contributed by atoms with Crippen molar-refractivity contribution in [3.8, 4) is 0 Å². The van der Waals surface area contributed by atoms with E-state index < -0.39 is 10.5 Å². The van der Waals surface area contributed by atoms with Crippen molar-refractivity contribution in [2.24, 2.45) is 0 Å². The number of H-pyrrole nitrogens is 1. The topological polar surface area (TPSA) is 83.8 Å².